The average Bonchev–Trinajstić information content (AvgIpc) is 2.70. The van der Waals surface area contributed by atoms with E-state index in [4.69, 9.17) is 9.47 Å². The number of benzene rings is 3. The van der Waals surface area contributed by atoms with Gasteiger partial charge in [-0.05, 0) is 59.0 Å². The monoisotopic (exact) mass is 338 g/mol. The van der Waals surface area contributed by atoms with Gasteiger partial charge in [0.25, 0.3) is 0 Å². The SMILES string of the molecule is C1=Cc2c(ccc3c2-c2c(ccc4ccccc24)O/C=C\C=C/O3)CC1. The summed E-state index contributed by atoms with van der Waals surface area (Å²) >= 11 is 0. The van der Waals surface area contributed by atoms with E-state index in [0.29, 0.717) is 0 Å². The van der Waals surface area contributed by atoms with Gasteiger partial charge in [0.2, 0.25) is 0 Å². The van der Waals surface area contributed by atoms with E-state index in [9.17, 15) is 0 Å². The van der Waals surface area contributed by atoms with Gasteiger partial charge < -0.3 is 9.47 Å². The molecule has 126 valence electrons. The molecule has 3 aromatic carbocycles. The van der Waals surface area contributed by atoms with Crippen molar-refractivity contribution in [2.24, 2.45) is 0 Å². The van der Waals surface area contributed by atoms with Crippen molar-refractivity contribution in [3.63, 3.8) is 0 Å². The van der Waals surface area contributed by atoms with Gasteiger partial charge in [0.1, 0.15) is 11.5 Å². The summed E-state index contributed by atoms with van der Waals surface area (Å²) in [6.45, 7) is 0. The van der Waals surface area contributed by atoms with Gasteiger partial charge >= 0.3 is 0 Å². The Kier molecular flexibility index (Phi) is 3.60. The highest BCUT2D eigenvalue weighted by Gasteiger charge is 2.21. The number of ether oxygens (including phenoxy) is 2. The zero-order valence-corrected chi connectivity index (χ0v) is 14.3. The maximum absolute atomic E-state index is 6.01. The first-order valence-electron chi connectivity index (χ1n) is 8.91. The number of rotatable bonds is 0. The smallest absolute Gasteiger partial charge is 0.135 e. The summed E-state index contributed by atoms with van der Waals surface area (Å²) in [6.07, 6.45) is 13.7. The van der Waals surface area contributed by atoms with Crippen LogP contribution in [0.1, 0.15) is 17.5 Å². The van der Waals surface area contributed by atoms with E-state index in [1.54, 1.807) is 12.5 Å². The van der Waals surface area contributed by atoms with Crippen molar-refractivity contribution < 1.29 is 9.47 Å². The maximum Gasteiger partial charge on any atom is 0.135 e. The molecule has 0 atom stereocenters. The first kappa shape index (κ1) is 15.0. The summed E-state index contributed by atoms with van der Waals surface area (Å²) in [5, 5.41) is 2.36. The number of fused-ring (bicyclic) bond motifs is 7. The molecule has 1 aliphatic carbocycles. The first-order valence-corrected chi connectivity index (χ1v) is 8.91. The van der Waals surface area contributed by atoms with Crippen molar-refractivity contribution in [2.45, 2.75) is 12.8 Å². The van der Waals surface area contributed by atoms with Crippen molar-refractivity contribution in [3.05, 3.63) is 90.4 Å². The molecule has 0 bridgehead atoms. The Bertz CT molecular complexity index is 1090. The van der Waals surface area contributed by atoms with E-state index in [1.165, 1.54) is 21.9 Å². The lowest BCUT2D eigenvalue weighted by Gasteiger charge is -2.21. The molecule has 2 aliphatic rings. The molecule has 0 fully saturated rings. The minimum absolute atomic E-state index is 0.840. The van der Waals surface area contributed by atoms with E-state index in [0.717, 1.165) is 35.5 Å². The van der Waals surface area contributed by atoms with Gasteiger partial charge in [0.15, 0.2) is 0 Å². The molecule has 1 aliphatic heterocycles. The van der Waals surface area contributed by atoms with E-state index in [-0.39, 0.29) is 0 Å². The third kappa shape index (κ3) is 2.42. The molecule has 0 radical (unpaired) electrons. The van der Waals surface area contributed by atoms with Gasteiger partial charge in [-0.25, -0.2) is 0 Å². The highest BCUT2D eigenvalue weighted by molar-refractivity contribution is 6.03. The fourth-order valence-corrected chi connectivity index (χ4v) is 3.77. The molecule has 3 aromatic rings. The third-order valence-electron chi connectivity index (χ3n) is 4.96. The Balaban J connectivity index is 1.92. The van der Waals surface area contributed by atoms with Crippen molar-refractivity contribution in [2.75, 3.05) is 0 Å². The van der Waals surface area contributed by atoms with E-state index in [2.05, 4.69) is 54.6 Å². The molecule has 0 aromatic heterocycles. The zero-order valence-electron chi connectivity index (χ0n) is 14.3. The highest BCUT2D eigenvalue weighted by atomic mass is 16.5. The second kappa shape index (κ2) is 6.23. The number of hydrogen-bond donors (Lipinski definition) is 0. The van der Waals surface area contributed by atoms with Crippen molar-refractivity contribution in [1.82, 2.24) is 0 Å². The minimum atomic E-state index is 0.840. The minimum Gasteiger partial charge on any atom is -0.464 e. The van der Waals surface area contributed by atoms with Crippen LogP contribution in [0.3, 0.4) is 0 Å². The normalized spacial score (nSPS) is 17.2. The van der Waals surface area contributed by atoms with Gasteiger partial charge in [-0.2, -0.15) is 0 Å². The summed E-state index contributed by atoms with van der Waals surface area (Å²) in [6, 6.07) is 16.8. The van der Waals surface area contributed by atoms with Gasteiger partial charge in [-0.1, -0.05) is 48.6 Å². The second-order valence-electron chi connectivity index (χ2n) is 6.51. The molecule has 2 heteroatoms. The Labute approximate surface area is 152 Å². The lowest BCUT2D eigenvalue weighted by Crippen LogP contribution is -2.01. The molecule has 5 rings (SSSR count). The topological polar surface area (TPSA) is 18.5 Å². The predicted molar refractivity (Wildman–Crippen MR) is 106 cm³/mol. The molecule has 0 unspecified atom stereocenters. The van der Waals surface area contributed by atoms with Crippen LogP contribution < -0.4 is 9.47 Å². The third-order valence-corrected chi connectivity index (χ3v) is 4.96. The molecule has 0 saturated carbocycles. The summed E-state index contributed by atoms with van der Waals surface area (Å²) in [5.41, 5.74) is 4.77. The molecular weight excluding hydrogens is 320 g/mol. The van der Waals surface area contributed by atoms with Gasteiger partial charge in [0, 0.05) is 11.1 Å². The number of hydrogen-bond acceptors (Lipinski definition) is 2. The van der Waals surface area contributed by atoms with Crippen molar-refractivity contribution >= 4 is 16.8 Å². The van der Waals surface area contributed by atoms with E-state index in [1.807, 2.05) is 18.2 Å². The van der Waals surface area contributed by atoms with Crippen LogP contribution >= 0.6 is 0 Å². The molecular formula is C24H18O2. The van der Waals surface area contributed by atoms with Crippen molar-refractivity contribution in [3.8, 4) is 22.6 Å². The standard InChI is InChI=1S/C24H18O2/c1-3-9-19-17(7-1)11-13-21-23(19)24-20-10-4-2-8-18(20)12-14-22(24)26-16-6-5-15-25-21/h1,3-7,9-16H,2,8H2/b15-5-,16-6-. The van der Waals surface area contributed by atoms with Crippen LogP contribution in [0.4, 0.5) is 0 Å². The number of aryl methyl sites for hydroxylation is 1. The van der Waals surface area contributed by atoms with Crippen LogP contribution in [-0.4, -0.2) is 0 Å². The predicted octanol–water partition coefficient (Wildman–Crippen LogP) is 6.26. The lowest BCUT2D eigenvalue weighted by atomic mass is 9.87. The van der Waals surface area contributed by atoms with Crippen molar-refractivity contribution in [1.29, 1.82) is 0 Å². The Hall–Kier alpha value is -3.26. The zero-order chi connectivity index (χ0) is 17.3. The van der Waals surface area contributed by atoms with Crippen LogP contribution in [-0.2, 0) is 6.42 Å². The fraction of sp³-hybridized carbons (Fsp3) is 0.0833. The lowest BCUT2D eigenvalue weighted by molar-refractivity contribution is 0.470. The van der Waals surface area contributed by atoms with E-state index >= 15 is 0 Å². The van der Waals surface area contributed by atoms with Gasteiger partial charge in [-0.15, -0.1) is 0 Å². The molecule has 0 amide bonds. The summed E-state index contributed by atoms with van der Waals surface area (Å²) in [7, 11) is 0. The summed E-state index contributed by atoms with van der Waals surface area (Å²) < 4.78 is 12.0. The molecule has 26 heavy (non-hydrogen) atoms. The quantitative estimate of drug-likeness (QED) is 0.481. The molecule has 0 N–H and O–H groups in total. The van der Waals surface area contributed by atoms with Crippen LogP contribution in [0, 0.1) is 0 Å². The van der Waals surface area contributed by atoms with Gasteiger partial charge in [-0.3, -0.25) is 0 Å². The second-order valence-corrected chi connectivity index (χ2v) is 6.51. The fourth-order valence-electron chi connectivity index (χ4n) is 3.77. The van der Waals surface area contributed by atoms with Crippen LogP contribution in [0.2, 0.25) is 0 Å². The Morgan fingerprint density at radius 3 is 2.38 bits per heavy atom. The Morgan fingerprint density at radius 2 is 1.50 bits per heavy atom. The average molecular weight is 338 g/mol. The molecule has 2 nitrogen and oxygen atoms in total. The first-order chi connectivity index (χ1) is 12.9. The molecule has 1 heterocycles. The van der Waals surface area contributed by atoms with E-state index < -0.39 is 0 Å². The highest BCUT2D eigenvalue weighted by Crippen LogP contribution is 2.46. The Morgan fingerprint density at radius 1 is 0.731 bits per heavy atom. The van der Waals surface area contributed by atoms with Crippen LogP contribution in [0.25, 0.3) is 28.0 Å². The van der Waals surface area contributed by atoms with Crippen LogP contribution in [0.5, 0.6) is 11.5 Å². The van der Waals surface area contributed by atoms with Gasteiger partial charge in [0.05, 0.1) is 12.5 Å². The summed E-state index contributed by atoms with van der Waals surface area (Å²) in [4.78, 5) is 0. The van der Waals surface area contributed by atoms with Crippen LogP contribution in [0.15, 0.2) is 79.3 Å². The molecule has 0 spiro atoms. The molecule has 0 saturated heterocycles. The number of allylic oxidation sites excluding steroid dienone is 3. The maximum atomic E-state index is 6.01. The summed E-state index contributed by atoms with van der Waals surface area (Å²) in [5.74, 6) is 1.69. The largest absolute Gasteiger partial charge is 0.464 e.